The lowest BCUT2D eigenvalue weighted by atomic mass is 9.76. The average molecular weight is 737 g/mol. The van der Waals surface area contributed by atoms with Crippen molar-refractivity contribution < 1.29 is 0 Å². The highest BCUT2D eigenvalue weighted by atomic mass is 14.4. The van der Waals surface area contributed by atoms with E-state index in [2.05, 4.69) is 209 Å². The molecule has 0 heteroatoms. The topological polar surface area (TPSA) is 0 Å². The van der Waals surface area contributed by atoms with Crippen molar-refractivity contribution in [3.05, 3.63) is 194 Å². The summed E-state index contributed by atoms with van der Waals surface area (Å²) in [7, 11) is 0. The van der Waals surface area contributed by atoms with E-state index in [0.717, 1.165) is 0 Å². The van der Waals surface area contributed by atoms with E-state index >= 15 is 0 Å². The summed E-state index contributed by atoms with van der Waals surface area (Å²) in [6.45, 7) is 7.22. The lowest BCUT2D eigenvalue weighted by molar-refractivity contribution is 0.593. The van der Waals surface area contributed by atoms with Gasteiger partial charge in [0, 0.05) is 0 Å². The summed E-state index contributed by atoms with van der Waals surface area (Å²) in [4.78, 5) is 0. The molecule has 10 aromatic rings. The highest BCUT2D eigenvalue weighted by Crippen LogP contribution is 2.66. The van der Waals surface area contributed by atoms with E-state index in [1.807, 2.05) is 0 Å². The second-order valence-electron chi connectivity index (χ2n) is 17.1. The van der Waals surface area contributed by atoms with Gasteiger partial charge in [0.15, 0.2) is 0 Å². The second-order valence-corrected chi connectivity index (χ2v) is 17.1. The maximum atomic E-state index is 2.61. The van der Waals surface area contributed by atoms with E-state index in [-0.39, 0.29) is 5.41 Å². The molecule has 58 heavy (non-hydrogen) atoms. The van der Waals surface area contributed by atoms with Gasteiger partial charge in [-0.1, -0.05) is 203 Å². The van der Waals surface area contributed by atoms with Crippen LogP contribution in [0.4, 0.5) is 0 Å². The Morgan fingerprint density at radius 2 is 0.569 bits per heavy atom. The molecule has 0 aromatic heterocycles. The third-order valence-electron chi connectivity index (χ3n) is 12.8. The van der Waals surface area contributed by atoms with Crippen LogP contribution < -0.4 is 0 Å². The molecule has 2 aliphatic rings. The van der Waals surface area contributed by atoms with Crippen LogP contribution >= 0.6 is 0 Å². The quantitative estimate of drug-likeness (QED) is 0.169. The predicted octanol–water partition coefficient (Wildman–Crippen LogP) is 16.4. The third-order valence-corrected chi connectivity index (χ3v) is 12.8. The van der Waals surface area contributed by atoms with Gasteiger partial charge in [0.2, 0.25) is 0 Å². The van der Waals surface area contributed by atoms with E-state index in [4.69, 9.17) is 0 Å². The van der Waals surface area contributed by atoms with Gasteiger partial charge in [-0.25, -0.2) is 0 Å². The van der Waals surface area contributed by atoms with E-state index in [0.29, 0.717) is 0 Å². The average Bonchev–Trinajstić information content (AvgIpc) is 3.77. The van der Waals surface area contributed by atoms with Crippen LogP contribution in [0.5, 0.6) is 0 Å². The van der Waals surface area contributed by atoms with E-state index < -0.39 is 0 Å². The van der Waals surface area contributed by atoms with Gasteiger partial charge < -0.3 is 0 Å². The van der Waals surface area contributed by atoms with Gasteiger partial charge >= 0.3 is 0 Å². The molecule has 12 rings (SSSR count). The molecule has 0 bridgehead atoms. The van der Waals surface area contributed by atoms with Crippen LogP contribution in [0.3, 0.4) is 0 Å². The van der Waals surface area contributed by atoms with E-state index in [9.17, 15) is 0 Å². The maximum absolute atomic E-state index is 2.61. The Hall–Kier alpha value is -7.02. The summed E-state index contributed by atoms with van der Waals surface area (Å²) in [5.74, 6) is 0. The van der Waals surface area contributed by atoms with Crippen LogP contribution in [0.2, 0.25) is 0 Å². The van der Waals surface area contributed by atoms with Crippen molar-refractivity contribution >= 4 is 32.3 Å². The lowest BCUT2D eigenvalue weighted by Crippen LogP contribution is -2.13. The Kier molecular flexibility index (Phi) is 7.00. The van der Waals surface area contributed by atoms with E-state index in [1.165, 1.54) is 127 Å². The van der Waals surface area contributed by atoms with Gasteiger partial charge in [0.25, 0.3) is 0 Å². The molecule has 0 nitrogen and oxygen atoms in total. The summed E-state index contributed by atoms with van der Waals surface area (Å²) in [6.07, 6.45) is 0. The number of fused-ring (bicyclic) bond motifs is 8. The van der Waals surface area contributed by atoms with E-state index in [1.54, 1.807) is 0 Å². The lowest BCUT2D eigenvalue weighted by Gasteiger charge is -2.27. The molecule has 0 radical (unpaired) electrons. The first-order valence-electron chi connectivity index (χ1n) is 20.5. The number of hydrogen-bond donors (Lipinski definition) is 0. The first-order chi connectivity index (χ1) is 28.5. The zero-order valence-electron chi connectivity index (χ0n) is 32.9. The fraction of sp³-hybridized carbons (Fsp3) is 0.0690. The second kappa shape index (κ2) is 12.2. The molecular formula is C58H40. The Bertz CT molecular complexity index is 3250. The minimum Gasteiger partial charge on any atom is -0.0622 e. The van der Waals surface area contributed by atoms with Gasteiger partial charge in [0.05, 0.1) is 0 Å². The fourth-order valence-electron chi connectivity index (χ4n) is 10.6. The minimum absolute atomic E-state index is 0.157. The van der Waals surface area contributed by atoms with Crippen molar-refractivity contribution in [1.29, 1.82) is 0 Å². The molecule has 0 saturated heterocycles. The largest absolute Gasteiger partial charge is 0.0622 e. The number of rotatable bonds is 4. The van der Waals surface area contributed by atoms with Crippen LogP contribution in [0.15, 0.2) is 188 Å². The Morgan fingerprint density at radius 3 is 0.948 bits per heavy atom. The first-order valence-corrected chi connectivity index (χ1v) is 20.5. The molecule has 0 N–H and O–H groups in total. The fourth-order valence-corrected chi connectivity index (χ4v) is 10.6. The van der Waals surface area contributed by atoms with Crippen molar-refractivity contribution in [2.24, 2.45) is 0 Å². The molecule has 0 unspecified atom stereocenters. The highest BCUT2D eigenvalue weighted by molar-refractivity contribution is 6.36. The molecular weight excluding hydrogens is 697 g/mol. The molecule has 0 saturated carbocycles. The maximum Gasteiger partial charge on any atom is -0.000442 e. The molecule has 0 aliphatic heterocycles. The first kappa shape index (κ1) is 33.2. The van der Waals surface area contributed by atoms with Gasteiger partial charge in [-0.2, -0.15) is 0 Å². The summed E-state index contributed by atoms with van der Waals surface area (Å²) in [5.41, 5.74) is 22.3. The molecule has 0 spiro atoms. The zero-order valence-corrected chi connectivity index (χ0v) is 32.9. The monoisotopic (exact) mass is 736 g/mol. The summed E-state index contributed by atoms with van der Waals surface area (Å²) >= 11 is 0. The standard InChI is InChI=1S/C58H40/c1-58(2,3)46-34-45-51-43(52-47(35-20-8-4-9-21-35)39-28-16-17-29-40(39)49(55(45)52)37-24-12-6-13-25-37)32-33-44-53-48(36-22-10-5-11-23-36)41-30-18-19-31-42(41)50(38-26-14-7-15-27-38)57(53)56(46)54(44)51/h4-34H,1-3H3. The van der Waals surface area contributed by atoms with Crippen LogP contribution in [0.1, 0.15) is 26.3 Å². The molecule has 0 atom stereocenters. The molecule has 2 aliphatic carbocycles. The van der Waals surface area contributed by atoms with Gasteiger partial charge in [-0.05, 0) is 138 Å². The van der Waals surface area contributed by atoms with Crippen molar-refractivity contribution in [3.8, 4) is 89.0 Å². The normalized spacial score (nSPS) is 12.4. The number of benzene rings is 10. The summed E-state index contributed by atoms with van der Waals surface area (Å²) in [5, 5.41) is 7.91. The van der Waals surface area contributed by atoms with Crippen LogP contribution in [0.25, 0.3) is 121 Å². The van der Waals surface area contributed by atoms with Crippen LogP contribution in [-0.2, 0) is 5.41 Å². The third kappa shape index (κ3) is 4.52. The minimum atomic E-state index is -0.157. The summed E-state index contributed by atoms with van der Waals surface area (Å²) in [6, 6.07) is 70.2. The van der Waals surface area contributed by atoms with Crippen molar-refractivity contribution in [3.63, 3.8) is 0 Å². The van der Waals surface area contributed by atoms with Crippen molar-refractivity contribution in [2.45, 2.75) is 26.2 Å². The zero-order chi connectivity index (χ0) is 38.7. The van der Waals surface area contributed by atoms with Gasteiger partial charge in [0.1, 0.15) is 0 Å². The Morgan fingerprint density at radius 1 is 0.259 bits per heavy atom. The molecule has 272 valence electrons. The highest BCUT2D eigenvalue weighted by Gasteiger charge is 2.40. The molecule has 0 heterocycles. The van der Waals surface area contributed by atoms with Crippen molar-refractivity contribution in [1.82, 2.24) is 0 Å². The van der Waals surface area contributed by atoms with Gasteiger partial charge in [-0.3, -0.25) is 0 Å². The number of hydrogen-bond acceptors (Lipinski definition) is 0. The molecule has 10 aromatic carbocycles. The predicted molar refractivity (Wildman–Crippen MR) is 248 cm³/mol. The van der Waals surface area contributed by atoms with Gasteiger partial charge in [-0.15, -0.1) is 0 Å². The smallest absolute Gasteiger partial charge is 0.000442 e. The van der Waals surface area contributed by atoms with Crippen LogP contribution in [0, 0.1) is 0 Å². The van der Waals surface area contributed by atoms with Crippen LogP contribution in [-0.4, -0.2) is 0 Å². The molecule has 0 amide bonds. The molecule has 0 fully saturated rings. The Balaban J connectivity index is 1.33. The summed E-state index contributed by atoms with van der Waals surface area (Å²) < 4.78 is 0. The van der Waals surface area contributed by atoms with Crippen molar-refractivity contribution in [2.75, 3.05) is 0 Å². The Labute approximate surface area is 339 Å². The SMILES string of the molecule is CC(C)(C)c1cc2c3c(ccc4c3c1-c1c-4c(-c3ccccc3)c3ccccc3c1-c1ccccc1)-c1c-2c(-c2ccccc2)c2ccccc2c1-c1ccccc1.